The average Bonchev–Trinajstić information content (AvgIpc) is 2.68. The van der Waals surface area contributed by atoms with Gasteiger partial charge in [0.05, 0.1) is 9.82 Å². The van der Waals surface area contributed by atoms with Crippen LogP contribution in [-0.4, -0.2) is 47.1 Å². The molecule has 2 aromatic carbocycles. The van der Waals surface area contributed by atoms with Crippen LogP contribution in [0.2, 0.25) is 0 Å². The zero-order valence-corrected chi connectivity index (χ0v) is 16.5. The maximum atomic E-state index is 13.1. The number of aliphatic carboxylic acids is 1. The van der Waals surface area contributed by atoms with Crippen LogP contribution in [0.5, 0.6) is 0 Å². The predicted octanol–water partition coefficient (Wildman–Crippen LogP) is 2.84. The van der Waals surface area contributed by atoms with Gasteiger partial charge in [-0.3, -0.25) is 14.9 Å². The van der Waals surface area contributed by atoms with Crippen molar-refractivity contribution in [1.82, 2.24) is 4.31 Å². The molecule has 1 saturated heterocycles. The van der Waals surface area contributed by atoms with Crippen LogP contribution in [0.3, 0.4) is 0 Å². The van der Waals surface area contributed by atoms with E-state index in [1.807, 2.05) is 31.2 Å². The number of sulfonamides is 1. The van der Waals surface area contributed by atoms with E-state index in [4.69, 9.17) is 0 Å². The number of nitrogens with zero attached hydrogens (tertiary/aromatic N) is 2. The van der Waals surface area contributed by atoms with Crippen molar-refractivity contribution in [3.05, 3.63) is 69.8 Å². The highest BCUT2D eigenvalue weighted by Gasteiger charge is 2.41. The lowest BCUT2D eigenvalue weighted by molar-refractivity contribution is -0.384. The second-order valence-corrected chi connectivity index (χ2v) is 9.54. The molecule has 0 aromatic heterocycles. The second-order valence-electron chi connectivity index (χ2n) is 6.41. The van der Waals surface area contributed by atoms with Gasteiger partial charge < -0.3 is 5.11 Å². The third-order valence-electron chi connectivity index (χ3n) is 4.54. The monoisotopic (exact) mass is 422 g/mol. The molecule has 1 aliphatic rings. The molecule has 28 heavy (non-hydrogen) atoms. The van der Waals surface area contributed by atoms with Crippen molar-refractivity contribution in [2.75, 3.05) is 12.3 Å². The summed E-state index contributed by atoms with van der Waals surface area (Å²) in [7, 11) is -4.13. The van der Waals surface area contributed by atoms with Gasteiger partial charge in [-0.1, -0.05) is 29.8 Å². The van der Waals surface area contributed by atoms with Crippen molar-refractivity contribution >= 4 is 33.4 Å². The highest BCUT2D eigenvalue weighted by Crippen LogP contribution is 2.38. The third kappa shape index (κ3) is 4.03. The molecule has 0 unspecified atom stereocenters. The lowest BCUT2D eigenvalue weighted by Gasteiger charge is -2.36. The molecule has 1 heterocycles. The standard InChI is InChI=1S/C18H18N2O6S2/c1-12-2-4-13(5-3-12)17-10-19(16(11-27-17)18(21)22)28(25,26)15-8-6-14(7-9-15)20(23)24/h2-9,16-17H,10-11H2,1H3,(H,21,22)/t16-,17-/m0/s1. The topological polar surface area (TPSA) is 118 Å². The minimum absolute atomic E-state index is 0.00398. The molecule has 1 N–H and O–H groups in total. The van der Waals surface area contributed by atoms with Crippen LogP contribution in [0.1, 0.15) is 16.4 Å². The van der Waals surface area contributed by atoms with E-state index in [9.17, 15) is 28.4 Å². The molecule has 3 rings (SSSR count). The van der Waals surface area contributed by atoms with E-state index in [2.05, 4.69) is 0 Å². The molecule has 10 heteroatoms. The number of carbonyl (C=O) groups is 1. The summed E-state index contributed by atoms with van der Waals surface area (Å²) in [5.74, 6) is -1.11. The van der Waals surface area contributed by atoms with Crippen molar-refractivity contribution in [2.45, 2.75) is 23.1 Å². The Bertz CT molecular complexity index is 990. The summed E-state index contributed by atoms with van der Waals surface area (Å²) in [6.07, 6.45) is 0. The van der Waals surface area contributed by atoms with Crippen molar-refractivity contribution in [2.24, 2.45) is 0 Å². The van der Waals surface area contributed by atoms with Gasteiger partial charge in [0, 0.05) is 29.7 Å². The Morgan fingerprint density at radius 2 is 1.79 bits per heavy atom. The van der Waals surface area contributed by atoms with E-state index in [0.29, 0.717) is 0 Å². The van der Waals surface area contributed by atoms with Gasteiger partial charge in [-0.2, -0.15) is 16.1 Å². The highest BCUT2D eigenvalue weighted by atomic mass is 32.2. The molecule has 0 spiro atoms. The summed E-state index contributed by atoms with van der Waals surface area (Å²) in [5.41, 5.74) is 1.76. The van der Waals surface area contributed by atoms with Crippen molar-refractivity contribution in [3.63, 3.8) is 0 Å². The van der Waals surface area contributed by atoms with Crippen molar-refractivity contribution in [3.8, 4) is 0 Å². The Morgan fingerprint density at radius 1 is 1.18 bits per heavy atom. The number of nitro groups is 1. The Labute approximate surface area is 166 Å². The maximum absolute atomic E-state index is 13.1. The van der Waals surface area contributed by atoms with Crippen LogP contribution in [0, 0.1) is 17.0 Å². The summed E-state index contributed by atoms with van der Waals surface area (Å²) >= 11 is 1.40. The second kappa shape index (κ2) is 7.90. The zero-order chi connectivity index (χ0) is 20.5. The number of hydrogen-bond acceptors (Lipinski definition) is 6. The van der Waals surface area contributed by atoms with Gasteiger partial charge in [0.1, 0.15) is 6.04 Å². The summed E-state index contributed by atoms with van der Waals surface area (Å²) in [4.78, 5) is 21.7. The Morgan fingerprint density at radius 3 is 2.32 bits per heavy atom. The molecule has 8 nitrogen and oxygen atoms in total. The lowest BCUT2D eigenvalue weighted by Crippen LogP contribution is -2.50. The summed E-state index contributed by atoms with van der Waals surface area (Å²) < 4.78 is 27.2. The van der Waals surface area contributed by atoms with Crippen LogP contribution in [0.4, 0.5) is 5.69 Å². The molecule has 2 aromatic rings. The molecule has 2 atom stereocenters. The largest absolute Gasteiger partial charge is 0.480 e. The number of aryl methyl sites for hydroxylation is 1. The van der Waals surface area contributed by atoms with Gasteiger partial charge >= 0.3 is 5.97 Å². The molecular weight excluding hydrogens is 404 g/mol. The van der Waals surface area contributed by atoms with Crippen LogP contribution in [0.25, 0.3) is 0 Å². The molecule has 148 valence electrons. The van der Waals surface area contributed by atoms with Crippen LogP contribution in [0.15, 0.2) is 53.4 Å². The Kier molecular flexibility index (Phi) is 5.73. The van der Waals surface area contributed by atoms with Crippen LogP contribution < -0.4 is 0 Å². The SMILES string of the molecule is Cc1ccc([C@@H]2CN(S(=O)(=O)c3ccc([N+](=O)[O-])cc3)[C@H](C(=O)O)CS2)cc1. The minimum atomic E-state index is -4.13. The fourth-order valence-corrected chi connectivity index (χ4v) is 6.09. The van der Waals surface area contributed by atoms with Gasteiger partial charge in [-0.05, 0) is 24.6 Å². The quantitative estimate of drug-likeness (QED) is 0.581. The summed E-state index contributed by atoms with van der Waals surface area (Å²) in [6, 6.07) is 10.9. The smallest absolute Gasteiger partial charge is 0.322 e. The average molecular weight is 422 g/mol. The van der Waals surface area contributed by atoms with E-state index in [1.54, 1.807) is 0 Å². The molecule has 1 fully saturated rings. The van der Waals surface area contributed by atoms with E-state index in [1.165, 1.54) is 11.8 Å². The fourth-order valence-electron chi connectivity index (χ4n) is 2.95. The number of non-ortho nitro benzene ring substituents is 1. The van der Waals surface area contributed by atoms with E-state index >= 15 is 0 Å². The fraction of sp³-hybridized carbons (Fsp3) is 0.278. The van der Waals surface area contributed by atoms with E-state index in [-0.39, 0.29) is 28.1 Å². The number of carboxylic acids is 1. The van der Waals surface area contributed by atoms with Crippen molar-refractivity contribution in [1.29, 1.82) is 0 Å². The molecule has 0 bridgehead atoms. The van der Waals surface area contributed by atoms with Gasteiger partial charge in [0.2, 0.25) is 10.0 Å². The van der Waals surface area contributed by atoms with Crippen LogP contribution in [-0.2, 0) is 14.8 Å². The highest BCUT2D eigenvalue weighted by molar-refractivity contribution is 7.99. The molecule has 0 amide bonds. The maximum Gasteiger partial charge on any atom is 0.322 e. The first-order chi connectivity index (χ1) is 13.2. The van der Waals surface area contributed by atoms with Crippen molar-refractivity contribution < 1.29 is 23.2 Å². The van der Waals surface area contributed by atoms with Gasteiger partial charge in [0.25, 0.3) is 5.69 Å². The number of carboxylic acid groups (broad SMARTS) is 1. The predicted molar refractivity (Wildman–Crippen MR) is 105 cm³/mol. The molecular formula is C18H18N2O6S2. The van der Waals surface area contributed by atoms with Crippen LogP contribution >= 0.6 is 11.8 Å². The first kappa shape index (κ1) is 20.3. The first-order valence-electron chi connectivity index (χ1n) is 8.37. The normalized spacial score (nSPS) is 20.6. The lowest BCUT2D eigenvalue weighted by atomic mass is 10.1. The summed E-state index contributed by atoms with van der Waals surface area (Å²) in [5, 5.41) is 20.1. The van der Waals surface area contributed by atoms with Gasteiger partial charge in [-0.15, -0.1) is 0 Å². The zero-order valence-electron chi connectivity index (χ0n) is 14.9. The molecule has 1 aliphatic heterocycles. The van der Waals surface area contributed by atoms with E-state index < -0.39 is 27.0 Å². The third-order valence-corrected chi connectivity index (χ3v) is 7.76. The number of nitro benzene ring substituents is 1. The number of thioether (sulfide) groups is 1. The number of benzene rings is 2. The van der Waals surface area contributed by atoms with E-state index in [0.717, 1.165) is 39.7 Å². The molecule has 0 saturated carbocycles. The Balaban J connectivity index is 1.94. The summed E-state index contributed by atoms with van der Waals surface area (Å²) in [6.45, 7) is 1.95. The van der Waals surface area contributed by atoms with Gasteiger partial charge in [0.15, 0.2) is 0 Å². The minimum Gasteiger partial charge on any atom is -0.480 e. The molecule has 0 aliphatic carbocycles. The Hall–Kier alpha value is -2.43. The van der Waals surface area contributed by atoms with Gasteiger partial charge in [-0.25, -0.2) is 8.42 Å². The first-order valence-corrected chi connectivity index (χ1v) is 10.9. The number of rotatable bonds is 5. The number of hydrogen-bond donors (Lipinski definition) is 1. The molecule has 0 radical (unpaired) electrons.